The lowest BCUT2D eigenvalue weighted by Gasteiger charge is -2.17. The summed E-state index contributed by atoms with van der Waals surface area (Å²) in [4.78, 5) is 24.4. The molecule has 2 aromatic carbocycles. The smallest absolute Gasteiger partial charge is 0.251 e. The quantitative estimate of drug-likeness (QED) is 0.790. The molecule has 2 rings (SSSR count). The van der Waals surface area contributed by atoms with Crippen LogP contribution in [0.1, 0.15) is 59.0 Å². The third-order valence-electron chi connectivity index (χ3n) is 4.22. The minimum absolute atomic E-state index is 0.0107. The lowest BCUT2D eigenvalue weighted by Crippen LogP contribution is -2.36. The monoisotopic (exact) mass is 363 g/mol. The molecule has 0 radical (unpaired) electrons. The van der Waals surface area contributed by atoms with Gasteiger partial charge in [0.1, 0.15) is 0 Å². The highest BCUT2D eigenvalue weighted by Crippen LogP contribution is 2.10. The second-order valence-electron chi connectivity index (χ2n) is 6.80. The zero-order valence-electron chi connectivity index (χ0n) is 16.0. The highest BCUT2D eigenvalue weighted by molar-refractivity contribution is 5.95. The first kappa shape index (κ1) is 20.2. The standard InChI is InChI=1S/C22H25N3O2/c1-4-20(25-22(27)19-11-7-17(14-23)8-12-19)13-16-5-9-18(10-6-16)21(26)24-15(2)3/h5-12,15,20H,4,13H2,1-3H3,(H,24,26)(H,25,27). The summed E-state index contributed by atoms with van der Waals surface area (Å²) in [6.45, 7) is 5.87. The number of nitriles is 1. The van der Waals surface area contributed by atoms with Gasteiger partial charge < -0.3 is 10.6 Å². The average Bonchev–Trinajstić information content (AvgIpc) is 2.67. The van der Waals surface area contributed by atoms with Crippen molar-refractivity contribution in [2.24, 2.45) is 0 Å². The number of nitrogens with zero attached hydrogens (tertiary/aromatic N) is 1. The van der Waals surface area contributed by atoms with Crippen molar-refractivity contribution >= 4 is 11.8 Å². The fourth-order valence-corrected chi connectivity index (χ4v) is 2.68. The molecule has 5 nitrogen and oxygen atoms in total. The molecule has 1 unspecified atom stereocenters. The molecule has 0 bridgehead atoms. The molecule has 0 spiro atoms. The average molecular weight is 363 g/mol. The lowest BCUT2D eigenvalue weighted by atomic mass is 10.0. The van der Waals surface area contributed by atoms with Crippen LogP contribution in [0.3, 0.4) is 0 Å². The van der Waals surface area contributed by atoms with E-state index in [2.05, 4.69) is 10.6 Å². The Balaban J connectivity index is 1.98. The Morgan fingerprint density at radius 2 is 1.44 bits per heavy atom. The van der Waals surface area contributed by atoms with Gasteiger partial charge in [0.2, 0.25) is 0 Å². The van der Waals surface area contributed by atoms with E-state index in [9.17, 15) is 9.59 Å². The lowest BCUT2D eigenvalue weighted by molar-refractivity contribution is 0.0931. The fraction of sp³-hybridized carbons (Fsp3) is 0.318. The van der Waals surface area contributed by atoms with Crippen molar-refractivity contribution in [1.29, 1.82) is 5.26 Å². The summed E-state index contributed by atoms with van der Waals surface area (Å²) in [6.07, 6.45) is 1.47. The Morgan fingerprint density at radius 1 is 0.926 bits per heavy atom. The zero-order chi connectivity index (χ0) is 19.8. The van der Waals surface area contributed by atoms with Gasteiger partial charge in [-0.3, -0.25) is 9.59 Å². The molecule has 0 aliphatic rings. The molecule has 0 saturated heterocycles. The van der Waals surface area contributed by atoms with E-state index < -0.39 is 0 Å². The Kier molecular flexibility index (Phi) is 7.13. The predicted molar refractivity (Wildman–Crippen MR) is 105 cm³/mol. The summed E-state index contributed by atoms with van der Waals surface area (Å²) >= 11 is 0. The molecule has 2 aromatic rings. The van der Waals surface area contributed by atoms with E-state index in [1.165, 1.54) is 0 Å². The van der Waals surface area contributed by atoms with Crippen LogP contribution >= 0.6 is 0 Å². The molecule has 2 amide bonds. The van der Waals surface area contributed by atoms with Crippen LogP contribution in [0.25, 0.3) is 0 Å². The first-order valence-corrected chi connectivity index (χ1v) is 9.13. The van der Waals surface area contributed by atoms with Crippen LogP contribution in [-0.4, -0.2) is 23.9 Å². The minimum atomic E-state index is -0.153. The van der Waals surface area contributed by atoms with Gasteiger partial charge in [-0.25, -0.2) is 0 Å². The molecule has 0 aliphatic heterocycles. The van der Waals surface area contributed by atoms with Gasteiger partial charge in [0.25, 0.3) is 11.8 Å². The summed E-state index contributed by atoms with van der Waals surface area (Å²) in [7, 11) is 0. The molecular weight excluding hydrogens is 338 g/mol. The Hall–Kier alpha value is -3.13. The molecule has 0 saturated carbocycles. The summed E-state index contributed by atoms with van der Waals surface area (Å²) in [5, 5.41) is 14.7. The van der Waals surface area contributed by atoms with Crippen LogP contribution in [0.5, 0.6) is 0 Å². The second-order valence-corrected chi connectivity index (χ2v) is 6.80. The van der Waals surface area contributed by atoms with Crippen molar-refractivity contribution in [2.45, 2.75) is 45.7 Å². The number of carbonyl (C=O) groups is 2. The molecule has 140 valence electrons. The number of carbonyl (C=O) groups excluding carboxylic acids is 2. The molecule has 0 fully saturated rings. The number of rotatable bonds is 7. The topological polar surface area (TPSA) is 82.0 Å². The number of hydrogen-bond donors (Lipinski definition) is 2. The van der Waals surface area contributed by atoms with E-state index in [0.29, 0.717) is 23.1 Å². The third kappa shape index (κ3) is 5.96. The first-order valence-electron chi connectivity index (χ1n) is 9.13. The molecular formula is C22H25N3O2. The summed E-state index contributed by atoms with van der Waals surface area (Å²) in [5.41, 5.74) is 2.75. The van der Waals surface area contributed by atoms with Crippen molar-refractivity contribution in [1.82, 2.24) is 10.6 Å². The van der Waals surface area contributed by atoms with E-state index in [1.807, 2.05) is 51.1 Å². The van der Waals surface area contributed by atoms with Gasteiger partial charge in [0.15, 0.2) is 0 Å². The highest BCUT2D eigenvalue weighted by atomic mass is 16.2. The summed E-state index contributed by atoms with van der Waals surface area (Å²) in [5.74, 6) is -0.239. The molecule has 0 aromatic heterocycles. The van der Waals surface area contributed by atoms with E-state index in [0.717, 1.165) is 12.0 Å². The van der Waals surface area contributed by atoms with Crippen LogP contribution < -0.4 is 10.6 Å². The van der Waals surface area contributed by atoms with Gasteiger partial charge in [-0.2, -0.15) is 5.26 Å². The molecule has 0 aliphatic carbocycles. The van der Waals surface area contributed by atoms with E-state index in [4.69, 9.17) is 5.26 Å². The number of nitrogens with one attached hydrogen (secondary N) is 2. The molecule has 1 atom stereocenters. The maximum atomic E-state index is 12.4. The molecule has 2 N–H and O–H groups in total. The summed E-state index contributed by atoms with van der Waals surface area (Å²) < 4.78 is 0. The van der Waals surface area contributed by atoms with Crippen molar-refractivity contribution < 1.29 is 9.59 Å². The molecule has 0 heterocycles. The fourth-order valence-electron chi connectivity index (χ4n) is 2.68. The van der Waals surface area contributed by atoms with Crippen molar-refractivity contribution in [3.63, 3.8) is 0 Å². The number of amides is 2. The first-order chi connectivity index (χ1) is 12.9. The van der Waals surface area contributed by atoms with Gasteiger partial charge in [-0.1, -0.05) is 19.1 Å². The van der Waals surface area contributed by atoms with Crippen LogP contribution in [0.4, 0.5) is 0 Å². The molecule has 27 heavy (non-hydrogen) atoms. The minimum Gasteiger partial charge on any atom is -0.350 e. The SMILES string of the molecule is CCC(Cc1ccc(C(=O)NC(C)C)cc1)NC(=O)c1ccc(C#N)cc1. The number of hydrogen-bond acceptors (Lipinski definition) is 3. The van der Waals surface area contributed by atoms with Crippen LogP contribution in [0, 0.1) is 11.3 Å². The second kappa shape index (κ2) is 9.54. The largest absolute Gasteiger partial charge is 0.350 e. The predicted octanol–water partition coefficient (Wildman–Crippen LogP) is 3.45. The van der Waals surface area contributed by atoms with Crippen molar-refractivity contribution in [3.05, 3.63) is 70.8 Å². The number of benzene rings is 2. The normalized spacial score (nSPS) is 11.5. The van der Waals surface area contributed by atoms with E-state index in [1.54, 1.807) is 24.3 Å². The molecule has 5 heteroatoms. The van der Waals surface area contributed by atoms with Gasteiger partial charge in [0, 0.05) is 23.2 Å². The zero-order valence-corrected chi connectivity index (χ0v) is 16.0. The van der Waals surface area contributed by atoms with Gasteiger partial charge >= 0.3 is 0 Å². The van der Waals surface area contributed by atoms with Gasteiger partial charge in [-0.05, 0) is 68.7 Å². The van der Waals surface area contributed by atoms with Crippen LogP contribution in [-0.2, 0) is 6.42 Å². The van der Waals surface area contributed by atoms with Crippen molar-refractivity contribution in [3.8, 4) is 6.07 Å². The maximum Gasteiger partial charge on any atom is 0.251 e. The Morgan fingerprint density at radius 3 is 1.93 bits per heavy atom. The highest BCUT2D eigenvalue weighted by Gasteiger charge is 2.14. The van der Waals surface area contributed by atoms with Crippen molar-refractivity contribution in [2.75, 3.05) is 0 Å². The van der Waals surface area contributed by atoms with Crippen LogP contribution in [0.2, 0.25) is 0 Å². The van der Waals surface area contributed by atoms with Gasteiger partial charge in [0.05, 0.1) is 11.6 Å². The Bertz CT molecular complexity index is 818. The van der Waals surface area contributed by atoms with E-state index in [-0.39, 0.29) is 23.9 Å². The van der Waals surface area contributed by atoms with Gasteiger partial charge in [-0.15, -0.1) is 0 Å². The third-order valence-corrected chi connectivity index (χ3v) is 4.22. The van der Waals surface area contributed by atoms with E-state index >= 15 is 0 Å². The Labute approximate surface area is 160 Å². The summed E-state index contributed by atoms with van der Waals surface area (Å²) in [6, 6.07) is 16.2. The maximum absolute atomic E-state index is 12.4. The van der Waals surface area contributed by atoms with Crippen LogP contribution in [0.15, 0.2) is 48.5 Å².